The Morgan fingerprint density at radius 1 is 1.62 bits per heavy atom. The quantitative estimate of drug-likeness (QED) is 0.592. The number of nitrogens with zero attached hydrogens (tertiary/aromatic N) is 2. The minimum absolute atomic E-state index is 0.514. The zero-order chi connectivity index (χ0) is 9.42. The van der Waals surface area contributed by atoms with Gasteiger partial charge in [0.15, 0.2) is 0 Å². The van der Waals surface area contributed by atoms with Crippen molar-refractivity contribution in [2.75, 3.05) is 5.43 Å². The first-order valence-electron chi connectivity index (χ1n) is 3.63. The van der Waals surface area contributed by atoms with Crippen LogP contribution in [0, 0.1) is 11.3 Å². The number of hydrazine groups is 1. The molecule has 0 unspecified atom stereocenters. The summed E-state index contributed by atoms with van der Waals surface area (Å²) in [6.07, 6.45) is 0. The fourth-order valence-corrected chi connectivity index (χ4v) is 2.11. The van der Waals surface area contributed by atoms with E-state index in [1.807, 2.05) is 15.4 Å². The molecule has 2 rings (SSSR count). The number of anilines is 1. The molecular formula is C8H5ClIN3. The van der Waals surface area contributed by atoms with Gasteiger partial charge in [-0.1, -0.05) is 11.6 Å². The lowest BCUT2D eigenvalue weighted by molar-refractivity contribution is 0.640. The lowest BCUT2D eigenvalue weighted by atomic mass is 10.1. The van der Waals surface area contributed by atoms with Crippen molar-refractivity contribution >= 4 is 40.2 Å². The second kappa shape index (κ2) is 3.33. The number of nitriles is 1. The Labute approximate surface area is 94.7 Å². The second-order valence-corrected chi connectivity index (χ2v) is 4.30. The van der Waals surface area contributed by atoms with Crippen LogP contribution in [-0.2, 0) is 6.54 Å². The third-order valence-electron chi connectivity index (χ3n) is 1.86. The maximum Gasteiger partial charge on any atom is 0.101 e. The van der Waals surface area contributed by atoms with Gasteiger partial charge in [0.2, 0.25) is 0 Å². The largest absolute Gasteiger partial charge is 0.309 e. The van der Waals surface area contributed by atoms with Crippen molar-refractivity contribution in [3.63, 3.8) is 0 Å². The molecule has 1 aliphatic heterocycles. The first kappa shape index (κ1) is 9.06. The number of hydrogen-bond acceptors (Lipinski definition) is 3. The summed E-state index contributed by atoms with van der Waals surface area (Å²) in [5, 5.41) is 9.26. The molecule has 1 aromatic carbocycles. The van der Waals surface area contributed by atoms with Gasteiger partial charge in [0, 0.05) is 22.9 Å². The number of hydrogen-bond donors (Lipinski definition) is 1. The molecule has 0 fully saturated rings. The molecule has 1 aromatic rings. The molecule has 3 nitrogen and oxygen atoms in total. The molecule has 1 aliphatic rings. The lowest BCUT2D eigenvalue weighted by Crippen LogP contribution is -2.08. The van der Waals surface area contributed by atoms with Gasteiger partial charge in [0.1, 0.15) is 6.07 Å². The molecule has 0 bridgehead atoms. The van der Waals surface area contributed by atoms with Gasteiger partial charge in [-0.25, -0.2) is 0 Å². The first-order valence-corrected chi connectivity index (χ1v) is 4.97. The summed E-state index contributed by atoms with van der Waals surface area (Å²) in [4.78, 5) is 0. The second-order valence-electron chi connectivity index (χ2n) is 2.73. The SMILES string of the molecule is N#Cc1cc2c(cc1Cl)CN(I)N2. The third-order valence-corrected chi connectivity index (χ3v) is 2.76. The fourth-order valence-electron chi connectivity index (χ4n) is 1.25. The summed E-state index contributed by atoms with van der Waals surface area (Å²) in [5.74, 6) is 0. The molecule has 13 heavy (non-hydrogen) atoms. The van der Waals surface area contributed by atoms with Crippen molar-refractivity contribution in [2.45, 2.75) is 6.54 Å². The molecule has 0 aromatic heterocycles. The van der Waals surface area contributed by atoms with E-state index in [9.17, 15) is 0 Å². The van der Waals surface area contributed by atoms with Gasteiger partial charge in [-0.2, -0.15) is 8.48 Å². The number of fused-ring (bicyclic) bond motifs is 1. The van der Waals surface area contributed by atoms with Crippen LogP contribution in [0.1, 0.15) is 11.1 Å². The van der Waals surface area contributed by atoms with Crippen molar-refractivity contribution in [3.8, 4) is 6.07 Å². The highest BCUT2D eigenvalue weighted by atomic mass is 127. The van der Waals surface area contributed by atoms with Gasteiger partial charge in [-0.15, -0.1) is 0 Å². The molecular weight excluding hydrogens is 300 g/mol. The molecule has 1 heterocycles. The highest BCUT2D eigenvalue weighted by Gasteiger charge is 2.17. The molecule has 66 valence electrons. The Morgan fingerprint density at radius 2 is 2.38 bits per heavy atom. The zero-order valence-electron chi connectivity index (χ0n) is 6.51. The average molecular weight is 306 g/mol. The normalized spacial score (nSPS) is 14.8. The minimum Gasteiger partial charge on any atom is -0.309 e. The van der Waals surface area contributed by atoms with E-state index in [4.69, 9.17) is 16.9 Å². The van der Waals surface area contributed by atoms with Gasteiger partial charge in [-0.05, 0) is 17.7 Å². The third kappa shape index (κ3) is 1.59. The van der Waals surface area contributed by atoms with Gasteiger partial charge >= 0.3 is 0 Å². The molecule has 0 saturated carbocycles. The van der Waals surface area contributed by atoms with Gasteiger partial charge < -0.3 is 5.43 Å². The molecule has 0 radical (unpaired) electrons. The van der Waals surface area contributed by atoms with E-state index in [0.717, 1.165) is 17.8 Å². The van der Waals surface area contributed by atoms with Crippen LogP contribution in [0.4, 0.5) is 5.69 Å². The summed E-state index contributed by atoms with van der Waals surface area (Å²) >= 11 is 8.04. The lowest BCUT2D eigenvalue weighted by Gasteiger charge is -2.03. The van der Waals surface area contributed by atoms with Crippen LogP contribution in [0.15, 0.2) is 12.1 Å². The van der Waals surface area contributed by atoms with Crippen LogP contribution in [0.25, 0.3) is 0 Å². The fraction of sp³-hybridized carbons (Fsp3) is 0.125. The van der Waals surface area contributed by atoms with Crippen LogP contribution in [-0.4, -0.2) is 3.22 Å². The highest BCUT2D eigenvalue weighted by Crippen LogP contribution is 2.31. The van der Waals surface area contributed by atoms with Gasteiger partial charge in [0.25, 0.3) is 0 Å². The summed E-state index contributed by atoms with van der Waals surface area (Å²) in [6.45, 7) is 0.807. The predicted molar refractivity (Wildman–Crippen MR) is 59.4 cm³/mol. The van der Waals surface area contributed by atoms with Crippen molar-refractivity contribution in [1.82, 2.24) is 3.22 Å². The number of nitrogens with one attached hydrogen (secondary N) is 1. The van der Waals surface area contributed by atoms with Crippen LogP contribution < -0.4 is 5.43 Å². The van der Waals surface area contributed by atoms with E-state index in [-0.39, 0.29) is 0 Å². The maximum atomic E-state index is 8.74. The van der Waals surface area contributed by atoms with Gasteiger partial charge in [-0.3, -0.25) is 0 Å². The van der Waals surface area contributed by atoms with Crippen molar-refractivity contribution in [1.29, 1.82) is 5.26 Å². The Hall–Kier alpha value is -0.510. The summed E-state index contributed by atoms with van der Waals surface area (Å²) in [5.41, 5.74) is 5.71. The minimum atomic E-state index is 0.514. The van der Waals surface area contributed by atoms with Crippen LogP contribution >= 0.6 is 34.5 Å². The highest BCUT2D eigenvalue weighted by molar-refractivity contribution is 14.1. The topological polar surface area (TPSA) is 39.1 Å². The van der Waals surface area contributed by atoms with Crippen LogP contribution in [0.3, 0.4) is 0 Å². The summed E-state index contributed by atoms with van der Waals surface area (Å²) in [7, 11) is 0. The van der Waals surface area contributed by atoms with E-state index >= 15 is 0 Å². The van der Waals surface area contributed by atoms with E-state index in [2.05, 4.69) is 28.3 Å². The van der Waals surface area contributed by atoms with E-state index in [1.54, 1.807) is 6.07 Å². The average Bonchev–Trinajstić information content (AvgIpc) is 2.42. The monoisotopic (exact) mass is 305 g/mol. The zero-order valence-corrected chi connectivity index (χ0v) is 9.43. The molecule has 1 N–H and O–H groups in total. The molecule has 5 heteroatoms. The molecule has 0 amide bonds. The first-order chi connectivity index (χ1) is 6.20. The Kier molecular flexibility index (Phi) is 2.32. The van der Waals surface area contributed by atoms with E-state index in [1.165, 1.54) is 0 Å². The standard InChI is InChI=1S/C8H5ClIN3/c9-7-1-6-4-13(10)12-8(6)2-5(7)3-11/h1-2,12H,4H2. The Balaban J connectivity index is 2.52. The van der Waals surface area contributed by atoms with Crippen molar-refractivity contribution < 1.29 is 0 Å². The summed E-state index contributed by atoms with van der Waals surface area (Å²) in [6, 6.07) is 5.66. The Bertz CT molecular complexity index is 399. The number of rotatable bonds is 0. The summed E-state index contributed by atoms with van der Waals surface area (Å²) < 4.78 is 1.92. The van der Waals surface area contributed by atoms with Crippen molar-refractivity contribution in [2.24, 2.45) is 0 Å². The molecule has 0 atom stereocenters. The number of benzene rings is 1. The van der Waals surface area contributed by atoms with Crippen molar-refractivity contribution in [3.05, 3.63) is 28.3 Å². The van der Waals surface area contributed by atoms with Crippen LogP contribution in [0.5, 0.6) is 0 Å². The maximum absolute atomic E-state index is 8.74. The van der Waals surface area contributed by atoms with E-state index in [0.29, 0.717) is 10.6 Å². The molecule has 0 aliphatic carbocycles. The molecule has 0 spiro atoms. The number of halogens is 2. The van der Waals surface area contributed by atoms with Gasteiger partial charge in [0.05, 0.1) is 22.8 Å². The van der Waals surface area contributed by atoms with Crippen LogP contribution in [0.2, 0.25) is 5.02 Å². The van der Waals surface area contributed by atoms with E-state index < -0.39 is 0 Å². The smallest absolute Gasteiger partial charge is 0.101 e. The predicted octanol–water partition coefficient (Wildman–Crippen LogP) is 2.70. The Morgan fingerprint density at radius 3 is 3.08 bits per heavy atom. The molecule has 0 saturated heterocycles.